The second-order valence-corrected chi connectivity index (χ2v) is 4.00. The summed E-state index contributed by atoms with van der Waals surface area (Å²) >= 11 is 0. The SMILES string of the molecule is C=C(CCC1OCCO1)C1CCC1. The van der Waals surface area contributed by atoms with Crippen molar-refractivity contribution in [1.82, 2.24) is 0 Å². The van der Waals surface area contributed by atoms with E-state index in [9.17, 15) is 0 Å². The average Bonchev–Trinajstić information content (AvgIpc) is 2.49. The first-order valence-electron chi connectivity index (χ1n) is 5.27. The molecule has 0 spiro atoms. The Labute approximate surface area is 79.9 Å². The Morgan fingerprint density at radius 3 is 2.46 bits per heavy atom. The number of rotatable bonds is 4. The van der Waals surface area contributed by atoms with Crippen LogP contribution in [0.4, 0.5) is 0 Å². The summed E-state index contributed by atoms with van der Waals surface area (Å²) in [5.41, 5.74) is 1.41. The lowest BCUT2D eigenvalue weighted by atomic mass is 9.79. The molecule has 2 nitrogen and oxygen atoms in total. The zero-order valence-electron chi connectivity index (χ0n) is 8.13. The van der Waals surface area contributed by atoms with Crippen LogP contribution in [-0.4, -0.2) is 19.5 Å². The highest BCUT2D eigenvalue weighted by Crippen LogP contribution is 2.34. The molecule has 0 atom stereocenters. The van der Waals surface area contributed by atoms with E-state index in [0.717, 1.165) is 32.0 Å². The summed E-state index contributed by atoms with van der Waals surface area (Å²) < 4.78 is 10.7. The van der Waals surface area contributed by atoms with E-state index < -0.39 is 0 Å². The number of ether oxygens (including phenoxy) is 2. The van der Waals surface area contributed by atoms with Gasteiger partial charge in [-0.2, -0.15) is 0 Å². The van der Waals surface area contributed by atoms with E-state index in [4.69, 9.17) is 9.47 Å². The van der Waals surface area contributed by atoms with Crippen LogP contribution in [0, 0.1) is 5.92 Å². The van der Waals surface area contributed by atoms with Gasteiger partial charge in [0.05, 0.1) is 13.2 Å². The minimum Gasteiger partial charge on any atom is -0.350 e. The van der Waals surface area contributed by atoms with E-state index >= 15 is 0 Å². The van der Waals surface area contributed by atoms with E-state index in [2.05, 4.69) is 6.58 Å². The maximum Gasteiger partial charge on any atom is 0.158 e. The number of hydrogen-bond acceptors (Lipinski definition) is 2. The lowest BCUT2D eigenvalue weighted by molar-refractivity contribution is -0.0466. The highest BCUT2D eigenvalue weighted by molar-refractivity contribution is 5.04. The first-order valence-corrected chi connectivity index (χ1v) is 5.27. The number of hydrogen-bond donors (Lipinski definition) is 0. The van der Waals surface area contributed by atoms with Crippen molar-refractivity contribution < 1.29 is 9.47 Å². The molecule has 0 aromatic heterocycles. The van der Waals surface area contributed by atoms with E-state index in [1.807, 2.05) is 0 Å². The summed E-state index contributed by atoms with van der Waals surface area (Å²) in [6, 6.07) is 0. The molecule has 2 fully saturated rings. The van der Waals surface area contributed by atoms with Gasteiger partial charge in [-0.3, -0.25) is 0 Å². The van der Waals surface area contributed by atoms with E-state index in [0.29, 0.717) is 0 Å². The van der Waals surface area contributed by atoms with Gasteiger partial charge >= 0.3 is 0 Å². The van der Waals surface area contributed by atoms with Crippen LogP contribution in [-0.2, 0) is 9.47 Å². The van der Waals surface area contributed by atoms with Gasteiger partial charge in [0.15, 0.2) is 6.29 Å². The van der Waals surface area contributed by atoms with Crippen molar-refractivity contribution in [2.75, 3.05) is 13.2 Å². The lowest BCUT2D eigenvalue weighted by Gasteiger charge is -2.27. The van der Waals surface area contributed by atoms with E-state index in [1.54, 1.807) is 0 Å². The van der Waals surface area contributed by atoms with Crippen LogP contribution in [0.15, 0.2) is 12.2 Å². The molecule has 0 amide bonds. The molecular weight excluding hydrogens is 164 g/mol. The minimum absolute atomic E-state index is 0.0526. The highest BCUT2D eigenvalue weighted by Gasteiger charge is 2.22. The van der Waals surface area contributed by atoms with Crippen molar-refractivity contribution >= 4 is 0 Å². The Balaban J connectivity index is 1.63. The van der Waals surface area contributed by atoms with Crippen molar-refractivity contribution in [2.45, 2.75) is 38.4 Å². The van der Waals surface area contributed by atoms with Gasteiger partial charge in [0.25, 0.3) is 0 Å². The summed E-state index contributed by atoms with van der Waals surface area (Å²) in [5.74, 6) is 0.807. The van der Waals surface area contributed by atoms with Gasteiger partial charge in [0.1, 0.15) is 0 Å². The third-order valence-electron chi connectivity index (χ3n) is 3.07. The maximum absolute atomic E-state index is 5.37. The van der Waals surface area contributed by atoms with Crippen LogP contribution in [0.25, 0.3) is 0 Å². The minimum atomic E-state index is 0.0526. The molecule has 2 aliphatic rings. The summed E-state index contributed by atoms with van der Waals surface area (Å²) in [5, 5.41) is 0. The molecule has 2 heteroatoms. The van der Waals surface area contributed by atoms with Crippen molar-refractivity contribution in [3.05, 3.63) is 12.2 Å². The van der Waals surface area contributed by atoms with Gasteiger partial charge in [-0.05, 0) is 25.2 Å². The molecule has 0 radical (unpaired) electrons. The summed E-state index contributed by atoms with van der Waals surface area (Å²) in [4.78, 5) is 0. The Morgan fingerprint density at radius 2 is 1.92 bits per heavy atom. The van der Waals surface area contributed by atoms with Crippen LogP contribution in [0.1, 0.15) is 32.1 Å². The first kappa shape index (κ1) is 9.22. The van der Waals surface area contributed by atoms with Crippen LogP contribution in [0.5, 0.6) is 0 Å². The van der Waals surface area contributed by atoms with Crippen molar-refractivity contribution in [1.29, 1.82) is 0 Å². The van der Waals surface area contributed by atoms with Crippen LogP contribution < -0.4 is 0 Å². The predicted octanol–water partition coefficient (Wildman–Crippen LogP) is 2.50. The summed E-state index contributed by atoms with van der Waals surface area (Å²) in [7, 11) is 0. The standard InChI is InChI=1S/C11H18O2/c1-9(10-3-2-4-10)5-6-11-12-7-8-13-11/h10-11H,1-8H2. The Morgan fingerprint density at radius 1 is 1.23 bits per heavy atom. The summed E-state index contributed by atoms with van der Waals surface area (Å²) in [6.07, 6.45) is 6.22. The monoisotopic (exact) mass is 182 g/mol. The van der Waals surface area contributed by atoms with Crippen molar-refractivity contribution in [3.8, 4) is 0 Å². The Hall–Kier alpha value is -0.340. The topological polar surface area (TPSA) is 18.5 Å². The summed E-state index contributed by atoms with van der Waals surface area (Å²) in [6.45, 7) is 5.66. The normalized spacial score (nSPS) is 24.6. The Bertz CT molecular complexity index is 179. The molecule has 74 valence electrons. The van der Waals surface area contributed by atoms with Gasteiger partial charge < -0.3 is 9.47 Å². The molecule has 0 unspecified atom stereocenters. The Kier molecular flexibility index (Phi) is 3.01. The molecule has 0 N–H and O–H groups in total. The molecule has 2 rings (SSSR count). The molecule has 1 saturated carbocycles. The quantitative estimate of drug-likeness (QED) is 0.622. The predicted molar refractivity (Wildman–Crippen MR) is 51.4 cm³/mol. The average molecular weight is 182 g/mol. The first-order chi connectivity index (χ1) is 6.36. The largest absolute Gasteiger partial charge is 0.350 e. The third kappa shape index (κ3) is 2.32. The number of allylic oxidation sites excluding steroid dienone is 1. The molecule has 1 heterocycles. The fourth-order valence-corrected chi connectivity index (χ4v) is 1.90. The van der Waals surface area contributed by atoms with E-state index in [-0.39, 0.29) is 6.29 Å². The molecular formula is C11H18O2. The second-order valence-electron chi connectivity index (χ2n) is 4.00. The van der Waals surface area contributed by atoms with Gasteiger partial charge in [-0.15, -0.1) is 0 Å². The molecule has 1 aliphatic carbocycles. The maximum atomic E-state index is 5.37. The van der Waals surface area contributed by atoms with Gasteiger partial charge in [0, 0.05) is 6.42 Å². The molecule has 0 aromatic rings. The molecule has 1 aliphatic heterocycles. The van der Waals surface area contributed by atoms with Crippen LogP contribution in [0.2, 0.25) is 0 Å². The molecule has 1 saturated heterocycles. The zero-order chi connectivity index (χ0) is 9.10. The van der Waals surface area contributed by atoms with Gasteiger partial charge in [-0.25, -0.2) is 0 Å². The van der Waals surface area contributed by atoms with Crippen molar-refractivity contribution in [2.24, 2.45) is 5.92 Å². The third-order valence-corrected chi connectivity index (χ3v) is 3.07. The smallest absolute Gasteiger partial charge is 0.158 e. The van der Waals surface area contributed by atoms with Gasteiger partial charge in [0.2, 0.25) is 0 Å². The van der Waals surface area contributed by atoms with Crippen LogP contribution >= 0.6 is 0 Å². The highest BCUT2D eigenvalue weighted by atomic mass is 16.7. The fourth-order valence-electron chi connectivity index (χ4n) is 1.90. The fraction of sp³-hybridized carbons (Fsp3) is 0.818. The van der Waals surface area contributed by atoms with Crippen molar-refractivity contribution in [3.63, 3.8) is 0 Å². The van der Waals surface area contributed by atoms with Crippen LogP contribution in [0.3, 0.4) is 0 Å². The van der Waals surface area contributed by atoms with Gasteiger partial charge in [-0.1, -0.05) is 18.6 Å². The zero-order valence-corrected chi connectivity index (χ0v) is 8.13. The van der Waals surface area contributed by atoms with E-state index in [1.165, 1.54) is 24.8 Å². The molecule has 0 bridgehead atoms. The molecule has 13 heavy (non-hydrogen) atoms. The second kappa shape index (κ2) is 4.25. The lowest BCUT2D eigenvalue weighted by Crippen LogP contribution is -2.15. The molecule has 0 aromatic carbocycles.